The number of nitriles is 1. The van der Waals surface area contributed by atoms with Crippen LogP contribution in [0.2, 0.25) is 5.02 Å². The number of ether oxygens (including phenoxy) is 1. The van der Waals surface area contributed by atoms with Crippen molar-refractivity contribution in [3.05, 3.63) is 44.8 Å². The Labute approximate surface area is 133 Å². The molecule has 0 saturated heterocycles. The van der Waals surface area contributed by atoms with Crippen LogP contribution in [0.15, 0.2) is 23.2 Å². The molecule has 0 unspecified atom stereocenters. The van der Waals surface area contributed by atoms with Crippen LogP contribution < -0.4 is 4.74 Å². The van der Waals surface area contributed by atoms with Gasteiger partial charge in [0.05, 0.1) is 12.2 Å². The van der Waals surface area contributed by atoms with Crippen molar-refractivity contribution < 1.29 is 4.74 Å². The fourth-order valence-corrected chi connectivity index (χ4v) is 3.00. The lowest BCUT2D eigenvalue weighted by Crippen LogP contribution is -1.95. The Hall–Kier alpha value is -1.83. The topological polar surface area (TPSA) is 45.4 Å². The quantitative estimate of drug-likeness (QED) is 0.741. The number of benzene rings is 1. The van der Waals surface area contributed by atoms with E-state index in [4.69, 9.17) is 16.3 Å². The Balaban J connectivity index is 2.40. The molecule has 108 valence electrons. The number of aryl methyl sites for hydroxylation is 1. The number of thiophene rings is 1. The fraction of sp³-hybridized carbons (Fsp3) is 0.250. The zero-order chi connectivity index (χ0) is 15.4. The number of nitrogens with zero attached hydrogens (tertiary/aromatic N) is 2. The molecule has 1 heterocycles. The van der Waals surface area contributed by atoms with Crippen LogP contribution in [0.1, 0.15) is 28.5 Å². The highest BCUT2D eigenvalue weighted by Gasteiger charge is 2.11. The second-order valence-electron chi connectivity index (χ2n) is 4.45. The standard InChI is InChI=1S/C16H15ClN2OS/c1-4-20-15-6-5-13(17)7-12(15)9-19-16-14(8-18)10(2)11(3)21-16/h5-7,9H,4H2,1-3H3. The molecule has 1 aromatic heterocycles. The number of halogens is 1. The summed E-state index contributed by atoms with van der Waals surface area (Å²) in [5.41, 5.74) is 2.43. The molecular weight excluding hydrogens is 304 g/mol. The molecule has 0 saturated carbocycles. The van der Waals surface area contributed by atoms with Crippen LogP contribution in [-0.2, 0) is 0 Å². The minimum atomic E-state index is 0.573. The monoisotopic (exact) mass is 318 g/mol. The maximum absolute atomic E-state index is 9.23. The molecule has 0 N–H and O–H groups in total. The van der Waals surface area contributed by atoms with Gasteiger partial charge in [-0.2, -0.15) is 5.26 Å². The third kappa shape index (κ3) is 3.44. The molecule has 0 radical (unpaired) electrons. The molecule has 0 spiro atoms. The molecule has 2 rings (SSSR count). The minimum Gasteiger partial charge on any atom is -0.493 e. The van der Waals surface area contributed by atoms with E-state index in [1.54, 1.807) is 18.3 Å². The summed E-state index contributed by atoms with van der Waals surface area (Å²) in [5.74, 6) is 0.731. The smallest absolute Gasteiger partial charge is 0.134 e. The van der Waals surface area contributed by atoms with Crippen LogP contribution in [0, 0.1) is 25.2 Å². The van der Waals surface area contributed by atoms with Crippen molar-refractivity contribution in [3.63, 3.8) is 0 Å². The summed E-state index contributed by atoms with van der Waals surface area (Å²) < 4.78 is 5.55. The molecule has 0 aliphatic carbocycles. The first kappa shape index (κ1) is 15.6. The highest BCUT2D eigenvalue weighted by atomic mass is 35.5. The Morgan fingerprint density at radius 3 is 2.86 bits per heavy atom. The highest BCUT2D eigenvalue weighted by molar-refractivity contribution is 7.16. The number of hydrogen-bond donors (Lipinski definition) is 0. The Morgan fingerprint density at radius 1 is 1.43 bits per heavy atom. The number of rotatable bonds is 4. The van der Waals surface area contributed by atoms with Gasteiger partial charge in [-0.1, -0.05) is 11.6 Å². The second kappa shape index (κ2) is 6.75. The first-order valence-electron chi connectivity index (χ1n) is 6.53. The van der Waals surface area contributed by atoms with E-state index in [-0.39, 0.29) is 0 Å². The maximum atomic E-state index is 9.23. The summed E-state index contributed by atoms with van der Waals surface area (Å²) in [5, 5.41) is 10.6. The summed E-state index contributed by atoms with van der Waals surface area (Å²) >= 11 is 7.53. The van der Waals surface area contributed by atoms with E-state index in [1.165, 1.54) is 11.3 Å². The molecule has 2 aromatic rings. The van der Waals surface area contributed by atoms with Crippen LogP contribution in [0.3, 0.4) is 0 Å². The third-order valence-corrected chi connectivity index (χ3v) is 4.42. The Morgan fingerprint density at radius 2 is 2.19 bits per heavy atom. The van der Waals surface area contributed by atoms with Gasteiger partial charge in [-0.15, -0.1) is 11.3 Å². The average Bonchev–Trinajstić information content (AvgIpc) is 2.74. The SMILES string of the molecule is CCOc1ccc(Cl)cc1C=Nc1sc(C)c(C)c1C#N. The van der Waals surface area contributed by atoms with Crippen LogP contribution >= 0.6 is 22.9 Å². The van der Waals surface area contributed by atoms with Gasteiger partial charge in [-0.25, -0.2) is 4.99 Å². The van der Waals surface area contributed by atoms with Crippen molar-refractivity contribution in [2.75, 3.05) is 6.61 Å². The van der Waals surface area contributed by atoms with Crippen LogP contribution in [-0.4, -0.2) is 12.8 Å². The fourth-order valence-electron chi connectivity index (χ4n) is 1.87. The lowest BCUT2D eigenvalue weighted by atomic mass is 10.2. The van der Waals surface area contributed by atoms with Crippen LogP contribution in [0.5, 0.6) is 5.75 Å². The van der Waals surface area contributed by atoms with Gasteiger partial charge in [0.15, 0.2) is 0 Å². The van der Waals surface area contributed by atoms with E-state index in [0.717, 1.165) is 26.8 Å². The Bertz CT molecular complexity index is 729. The first-order valence-corrected chi connectivity index (χ1v) is 7.72. The minimum absolute atomic E-state index is 0.573. The van der Waals surface area contributed by atoms with Gasteiger partial charge in [0.25, 0.3) is 0 Å². The Kier molecular flexibility index (Phi) is 5.00. The van der Waals surface area contributed by atoms with Crippen molar-refractivity contribution in [2.45, 2.75) is 20.8 Å². The van der Waals surface area contributed by atoms with Gasteiger partial charge in [0.2, 0.25) is 0 Å². The van der Waals surface area contributed by atoms with Crippen molar-refractivity contribution in [1.29, 1.82) is 5.26 Å². The van der Waals surface area contributed by atoms with Crippen molar-refractivity contribution >= 4 is 34.2 Å². The zero-order valence-electron chi connectivity index (χ0n) is 12.1. The molecule has 21 heavy (non-hydrogen) atoms. The summed E-state index contributed by atoms with van der Waals surface area (Å²) in [6.45, 7) is 6.43. The van der Waals surface area contributed by atoms with E-state index >= 15 is 0 Å². The highest BCUT2D eigenvalue weighted by Crippen LogP contribution is 2.34. The van der Waals surface area contributed by atoms with Crippen LogP contribution in [0.25, 0.3) is 0 Å². The second-order valence-corrected chi connectivity index (χ2v) is 6.09. The van der Waals surface area contributed by atoms with Gasteiger partial charge in [0, 0.05) is 21.7 Å². The van der Waals surface area contributed by atoms with E-state index in [2.05, 4.69) is 11.1 Å². The maximum Gasteiger partial charge on any atom is 0.134 e. The van der Waals surface area contributed by atoms with E-state index in [0.29, 0.717) is 17.2 Å². The van der Waals surface area contributed by atoms with Gasteiger partial charge >= 0.3 is 0 Å². The summed E-state index contributed by atoms with van der Waals surface area (Å²) in [7, 11) is 0. The summed E-state index contributed by atoms with van der Waals surface area (Å²) in [6.07, 6.45) is 1.70. The number of aliphatic imine (C=N–C) groups is 1. The van der Waals surface area contributed by atoms with Gasteiger partial charge < -0.3 is 4.74 Å². The van der Waals surface area contributed by atoms with E-state index in [9.17, 15) is 5.26 Å². The van der Waals surface area contributed by atoms with Crippen molar-refractivity contribution in [2.24, 2.45) is 4.99 Å². The molecular formula is C16H15ClN2OS. The third-order valence-electron chi connectivity index (χ3n) is 3.07. The van der Waals surface area contributed by atoms with E-state index < -0.39 is 0 Å². The average molecular weight is 319 g/mol. The lowest BCUT2D eigenvalue weighted by Gasteiger charge is -2.06. The number of hydrogen-bond acceptors (Lipinski definition) is 4. The molecule has 1 aromatic carbocycles. The van der Waals surface area contributed by atoms with Gasteiger partial charge in [-0.3, -0.25) is 0 Å². The predicted octanol–water partition coefficient (Wildman–Crippen LogP) is 5.04. The van der Waals surface area contributed by atoms with Gasteiger partial charge in [0.1, 0.15) is 16.8 Å². The summed E-state index contributed by atoms with van der Waals surface area (Å²) in [6, 6.07) is 7.62. The van der Waals surface area contributed by atoms with Crippen molar-refractivity contribution in [3.8, 4) is 11.8 Å². The summed E-state index contributed by atoms with van der Waals surface area (Å²) in [4.78, 5) is 5.55. The van der Waals surface area contributed by atoms with E-state index in [1.807, 2.05) is 26.8 Å². The molecule has 0 aliphatic heterocycles. The van der Waals surface area contributed by atoms with Crippen molar-refractivity contribution in [1.82, 2.24) is 0 Å². The molecule has 0 aliphatic rings. The predicted molar refractivity (Wildman–Crippen MR) is 88.4 cm³/mol. The zero-order valence-corrected chi connectivity index (χ0v) is 13.7. The first-order chi connectivity index (χ1) is 10.1. The largest absolute Gasteiger partial charge is 0.493 e. The molecule has 0 bridgehead atoms. The molecule has 0 fully saturated rings. The normalized spacial score (nSPS) is 10.8. The van der Waals surface area contributed by atoms with Crippen LogP contribution in [0.4, 0.5) is 5.00 Å². The molecule has 5 heteroatoms. The molecule has 3 nitrogen and oxygen atoms in total. The van der Waals surface area contributed by atoms with Gasteiger partial charge in [-0.05, 0) is 44.5 Å². The molecule has 0 atom stereocenters. The molecule has 0 amide bonds. The lowest BCUT2D eigenvalue weighted by molar-refractivity contribution is 0.340.